The number of rotatable bonds is 12. The monoisotopic (exact) mass is 680 g/mol. The van der Waals surface area contributed by atoms with Crippen molar-refractivity contribution in [1.82, 2.24) is 0 Å². The first-order chi connectivity index (χ1) is 11.8. The Bertz CT molecular complexity index is 251. The van der Waals surface area contributed by atoms with Crippen molar-refractivity contribution in [3.05, 3.63) is 0 Å². The Morgan fingerprint density at radius 1 is 0.345 bits per heavy atom. The molecule has 0 spiro atoms. The van der Waals surface area contributed by atoms with Crippen LogP contribution in [0.15, 0.2) is 0 Å². The Balaban J connectivity index is -0.000000120. The molecule has 184 valence electrons. The summed E-state index contributed by atoms with van der Waals surface area (Å²) in [5, 5.41) is 0. The third-order valence-electron chi connectivity index (χ3n) is 1.78. The summed E-state index contributed by atoms with van der Waals surface area (Å²) in [6.45, 7) is 23.7. The van der Waals surface area contributed by atoms with Crippen molar-refractivity contribution in [2.75, 3.05) is 0 Å². The Kier molecular flexibility index (Phi) is 35.6. The van der Waals surface area contributed by atoms with Gasteiger partial charge in [-0.25, -0.2) is 0 Å². The number of hydrogen-bond acceptors (Lipinski definition) is 6. The summed E-state index contributed by atoms with van der Waals surface area (Å²) in [6.07, 6.45) is 0.853. The molecule has 0 aromatic rings. The molecule has 0 aromatic carbocycles. The predicted molar refractivity (Wildman–Crippen MR) is 111 cm³/mol. The maximum absolute atomic E-state index is 5.49. The van der Waals surface area contributed by atoms with E-state index in [4.69, 9.17) is 27.1 Å². The molecule has 6 nitrogen and oxygen atoms in total. The predicted octanol–water partition coefficient (Wildman–Crippen LogP) is 0.982. The second-order valence-electron chi connectivity index (χ2n) is 7.37. The van der Waals surface area contributed by atoms with Gasteiger partial charge in [-0.2, -0.15) is 0 Å². The van der Waals surface area contributed by atoms with Gasteiger partial charge in [-0.05, 0) is 83.1 Å². The van der Waals surface area contributed by atoms with Crippen LogP contribution in [0.2, 0.25) is 0 Å². The van der Waals surface area contributed by atoms with Crippen LogP contribution in [0, 0.1) is 0 Å². The van der Waals surface area contributed by atoms with Crippen molar-refractivity contribution in [2.45, 2.75) is 120 Å². The van der Waals surface area contributed by atoms with E-state index in [1.54, 1.807) is 0 Å². The SMILES string of the molecule is CC(C)OP(OC(C)C)OC(C)C.CC(C)OP(OC(C)C)OC(C)C.[Br-].[Br-].[Pd+2]. The Hall–Kier alpha value is 2.24. The third kappa shape index (κ3) is 35.0. The van der Waals surface area contributed by atoms with Gasteiger partial charge in [0.2, 0.25) is 0 Å². The molecular weight excluding hydrogens is 640 g/mol. The van der Waals surface area contributed by atoms with Crippen molar-refractivity contribution < 1.29 is 81.5 Å². The fourth-order valence-electron chi connectivity index (χ4n) is 1.18. The standard InChI is InChI=1S/2C9H21O3P.2BrH.Pd/c2*1-7(2)10-13(11-8(3)4)12-9(5)6;;;/h2*7-9H,1-6H3;2*1H;/q;;;;+2/p-2. The van der Waals surface area contributed by atoms with Crippen molar-refractivity contribution in [2.24, 2.45) is 0 Å². The van der Waals surface area contributed by atoms with E-state index in [9.17, 15) is 0 Å². The van der Waals surface area contributed by atoms with Gasteiger partial charge in [-0.15, -0.1) is 0 Å². The van der Waals surface area contributed by atoms with Crippen LogP contribution in [-0.4, -0.2) is 36.6 Å². The molecule has 0 saturated carbocycles. The zero-order valence-electron chi connectivity index (χ0n) is 19.9. The molecule has 0 N–H and O–H groups in total. The molecule has 0 fully saturated rings. The molecule has 0 aromatic heterocycles. The summed E-state index contributed by atoms with van der Waals surface area (Å²) in [5.41, 5.74) is 0. The minimum absolute atomic E-state index is 0. The van der Waals surface area contributed by atoms with Crippen molar-refractivity contribution in [1.29, 1.82) is 0 Å². The molecule has 0 radical (unpaired) electrons. The van der Waals surface area contributed by atoms with Crippen LogP contribution in [0.4, 0.5) is 0 Å². The summed E-state index contributed by atoms with van der Waals surface area (Å²) in [5.74, 6) is 0. The minimum atomic E-state index is -1.18. The van der Waals surface area contributed by atoms with Gasteiger partial charge in [-0.1, -0.05) is 0 Å². The first-order valence-electron chi connectivity index (χ1n) is 9.44. The van der Waals surface area contributed by atoms with Crippen molar-refractivity contribution in [3.8, 4) is 0 Å². The van der Waals surface area contributed by atoms with E-state index in [1.165, 1.54) is 0 Å². The Labute approximate surface area is 217 Å². The first-order valence-corrected chi connectivity index (χ1v) is 11.6. The molecule has 0 bridgehead atoms. The van der Waals surface area contributed by atoms with Gasteiger partial charge in [0, 0.05) is 0 Å². The quantitative estimate of drug-likeness (QED) is 0.226. The summed E-state index contributed by atoms with van der Waals surface area (Å²) in [7, 11) is -2.36. The molecule has 0 unspecified atom stereocenters. The first kappa shape index (κ1) is 41.5. The van der Waals surface area contributed by atoms with Crippen LogP contribution >= 0.6 is 17.2 Å². The van der Waals surface area contributed by atoms with Crippen molar-refractivity contribution >= 4 is 17.2 Å². The summed E-state index contributed by atoms with van der Waals surface area (Å²) in [6, 6.07) is 0. The van der Waals surface area contributed by atoms with E-state index >= 15 is 0 Å². The Morgan fingerprint density at radius 2 is 0.448 bits per heavy atom. The van der Waals surface area contributed by atoms with Gasteiger partial charge in [0.1, 0.15) is 0 Å². The van der Waals surface area contributed by atoms with E-state index in [0.29, 0.717) is 0 Å². The third-order valence-corrected chi connectivity index (χ3v) is 5.34. The zero-order valence-corrected chi connectivity index (χ0v) is 26.4. The van der Waals surface area contributed by atoms with E-state index in [-0.39, 0.29) is 91.0 Å². The van der Waals surface area contributed by atoms with Crippen molar-refractivity contribution in [3.63, 3.8) is 0 Å². The molecule has 0 aliphatic carbocycles. The molecule has 0 aliphatic heterocycles. The van der Waals surface area contributed by atoms with E-state index < -0.39 is 17.2 Å². The molecule has 0 amide bonds. The van der Waals surface area contributed by atoms with Gasteiger partial charge >= 0.3 is 37.6 Å². The molecule has 0 saturated heterocycles. The average molecular weight is 683 g/mol. The number of halogens is 2. The van der Waals surface area contributed by atoms with E-state index in [1.807, 2.05) is 83.1 Å². The molecule has 0 heterocycles. The topological polar surface area (TPSA) is 55.4 Å². The maximum Gasteiger partial charge on any atom is 2.00 e. The fraction of sp³-hybridized carbons (Fsp3) is 1.00. The van der Waals surface area contributed by atoms with Gasteiger partial charge in [-0.3, -0.25) is 0 Å². The molecular formula is C18H42Br2O6P2Pd. The molecule has 0 atom stereocenters. The van der Waals surface area contributed by atoms with Gasteiger partial charge in [0.25, 0.3) is 0 Å². The van der Waals surface area contributed by atoms with Crippen LogP contribution in [-0.2, 0) is 47.6 Å². The molecule has 29 heavy (non-hydrogen) atoms. The maximum atomic E-state index is 5.49. The van der Waals surface area contributed by atoms with Crippen LogP contribution in [0.5, 0.6) is 0 Å². The summed E-state index contributed by atoms with van der Waals surface area (Å²) >= 11 is 0. The second kappa shape index (κ2) is 24.9. The molecule has 0 aliphatic rings. The van der Waals surface area contributed by atoms with Gasteiger partial charge in [0.15, 0.2) is 0 Å². The van der Waals surface area contributed by atoms with Crippen LogP contribution < -0.4 is 34.0 Å². The van der Waals surface area contributed by atoms with Gasteiger partial charge < -0.3 is 61.1 Å². The number of hydrogen-bond donors (Lipinski definition) is 0. The van der Waals surface area contributed by atoms with E-state index in [0.717, 1.165) is 0 Å². The van der Waals surface area contributed by atoms with E-state index in [2.05, 4.69) is 0 Å². The molecule has 0 rings (SSSR count). The summed E-state index contributed by atoms with van der Waals surface area (Å²) < 4.78 is 33.0. The Morgan fingerprint density at radius 3 is 0.517 bits per heavy atom. The smallest absolute Gasteiger partial charge is 1.00 e. The normalized spacial score (nSPS) is 11.2. The largest absolute Gasteiger partial charge is 2.00 e. The average Bonchev–Trinajstić information content (AvgIpc) is 2.33. The zero-order chi connectivity index (χ0) is 20.9. The fourth-order valence-corrected chi connectivity index (χ4v) is 3.55. The van der Waals surface area contributed by atoms with Crippen LogP contribution in [0.25, 0.3) is 0 Å². The van der Waals surface area contributed by atoms with Crippen LogP contribution in [0.3, 0.4) is 0 Å². The van der Waals surface area contributed by atoms with Crippen LogP contribution in [0.1, 0.15) is 83.1 Å². The van der Waals surface area contributed by atoms with Gasteiger partial charge in [0.05, 0.1) is 36.6 Å². The minimum Gasteiger partial charge on any atom is -1.00 e. The molecule has 11 heteroatoms. The second-order valence-corrected chi connectivity index (χ2v) is 9.53. The summed E-state index contributed by atoms with van der Waals surface area (Å²) in [4.78, 5) is 0.